The number of thioether (sulfide) groups is 1. The molecule has 0 bridgehead atoms. The van der Waals surface area contributed by atoms with Gasteiger partial charge in [0, 0.05) is 29.8 Å². The van der Waals surface area contributed by atoms with Crippen molar-refractivity contribution in [2.45, 2.75) is 31.3 Å². The fourth-order valence-corrected chi connectivity index (χ4v) is 3.97. The summed E-state index contributed by atoms with van der Waals surface area (Å²) in [5, 5.41) is 5.49. The van der Waals surface area contributed by atoms with Crippen LogP contribution in [0.1, 0.15) is 29.8 Å². The van der Waals surface area contributed by atoms with Crippen molar-refractivity contribution >= 4 is 35.4 Å². The van der Waals surface area contributed by atoms with E-state index in [1.165, 1.54) is 0 Å². The van der Waals surface area contributed by atoms with E-state index in [1.807, 2.05) is 38.1 Å². The lowest BCUT2D eigenvalue weighted by molar-refractivity contribution is -0.121. The van der Waals surface area contributed by atoms with E-state index in [0.29, 0.717) is 18.7 Å². The minimum Gasteiger partial charge on any atom is -0.452 e. The molecule has 1 heterocycles. The van der Waals surface area contributed by atoms with Crippen LogP contribution < -0.4 is 15.5 Å². The van der Waals surface area contributed by atoms with Crippen LogP contribution in [0.2, 0.25) is 0 Å². The van der Waals surface area contributed by atoms with Gasteiger partial charge in [-0.15, -0.1) is 11.8 Å². The molecule has 1 aliphatic heterocycles. The Morgan fingerprint density at radius 3 is 2.57 bits per heavy atom. The third-order valence-electron chi connectivity index (χ3n) is 4.42. The van der Waals surface area contributed by atoms with E-state index in [4.69, 9.17) is 4.74 Å². The number of benzene rings is 2. The fourth-order valence-electron chi connectivity index (χ4n) is 2.97. The zero-order valence-electron chi connectivity index (χ0n) is 17.0. The van der Waals surface area contributed by atoms with Crippen molar-refractivity contribution < 1.29 is 19.1 Å². The molecule has 3 amide bonds. The molecule has 1 aliphatic rings. The van der Waals surface area contributed by atoms with Gasteiger partial charge in [-0.05, 0) is 43.7 Å². The highest BCUT2D eigenvalue weighted by molar-refractivity contribution is 7.99. The van der Waals surface area contributed by atoms with Crippen molar-refractivity contribution in [1.29, 1.82) is 0 Å². The van der Waals surface area contributed by atoms with Crippen LogP contribution in [0.25, 0.3) is 0 Å². The van der Waals surface area contributed by atoms with Crippen LogP contribution >= 0.6 is 11.8 Å². The predicted octanol–water partition coefficient (Wildman–Crippen LogP) is 3.19. The van der Waals surface area contributed by atoms with Crippen LogP contribution in [0.15, 0.2) is 53.4 Å². The number of esters is 1. The summed E-state index contributed by atoms with van der Waals surface area (Å²) in [5.74, 6) is 0.00894. The first-order valence-corrected chi connectivity index (χ1v) is 10.7. The van der Waals surface area contributed by atoms with Gasteiger partial charge in [0.05, 0.1) is 11.3 Å². The van der Waals surface area contributed by atoms with Crippen molar-refractivity contribution in [3.8, 4) is 0 Å². The van der Waals surface area contributed by atoms with Gasteiger partial charge in [0.25, 0.3) is 5.91 Å². The molecule has 0 spiro atoms. The Kier molecular flexibility index (Phi) is 7.35. The second-order valence-corrected chi connectivity index (χ2v) is 8.25. The lowest BCUT2D eigenvalue weighted by atomic mass is 10.1. The summed E-state index contributed by atoms with van der Waals surface area (Å²) < 4.78 is 5.22. The highest BCUT2D eigenvalue weighted by Gasteiger charge is 2.23. The molecule has 158 valence electrons. The number of carbonyl (C=O) groups is 3. The first kappa shape index (κ1) is 21.7. The molecule has 2 aromatic rings. The maximum Gasteiger partial charge on any atom is 0.338 e. The van der Waals surface area contributed by atoms with Gasteiger partial charge in [-0.3, -0.25) is 4.79 Å². The zero-order chi connectivity index (χ0) is 21.5. The average Bonchev–Trinajstić information content (AvgIpc) is 2.75. The van der Waals surface area contributed by atoms with E-state index in [9.17, 15) is 14.4 Å². The average molecular weight is 428 g/mol. The minimum absolute atomic E-state index is 0.0574. The number of hydrogen-bond acceptors (Lipinski definition) is 5. The monoisotopic (exact) mass is 427 g/mol. The maximum atomic E-state index is 12.6. The third kappa shape index (κ3) is 5.76. The normalized spacial score (nSPS) is 12.8. The number of carbonyl (C=O) groups excluding carboxylic acids is 3. The van der Waals surface area contributed by atoms with Gasteiger partial charge < -0.3 is 20.3 Å². The molecule has 0 atom stereocenters. The highest BCUT2D eigenvalue weighted by Crippen LogP contribution is 2.34. The van der Waals surface area contributed by atoms with E-state index in [-0.39, 0.29) is 24.6 Å². The van der Waals surface area contributed by atoms with Crippen LogP contribution in [0.4, 0.5) is 10.5 Å². The summed E-state index contributed by atoms with van der Waals surface area (Å²) in [6.45, 7) is 4.39. The van der Waals surface area contributed by atoms with Crippen molar-refractivity contribution in [3.05, 3.63) is 59.7 Å². The summed E-state index contributed by atoms with van der Waals surface area (Å²) in [7, 11) is 0. The quantitative estimate of drug-likeness (QED) is 0.692. The third-order valence-corrected chi connectivity index (χ3v) is 5.46. The SMILES string of the molecule is CC(C)NC(=O)NCc1ccc(C(=O)OCC(=O)N2CCSc3ccccc32)cc1. The smallest absolute Gasteiger partial charge is 0.338 e. The molecule has 30 heavy (non-hydrogen) atoms. The molecule has 0 aliphatic carbocycles. The molecule has 0 fully saturated rings. The number of ether oxygens (including phenoxy) is 1. The molecule has 0 aromatic heterocycles. The van der Waals surface area contributed by atoms with Crippen molar-refractivity contribution in [1.82, 2.24) is 10.6 Å². The standard InChI is InChI=1S/C22H25N3O4S/c1-15(2)24-22(28)23-13-16-7-9-17(10-8-16)21(27)29-14-20(26)25-11-12-30-19-6-4-3-5-18(19)25/h3-10,15H,11-14H2,1-2H3,(H2,23,24,28). The molecule has 7 nitrogen and oxygen atoms in total. The first-order chi connectivity index (χ1) is 14.4. The van der Waals surface area contributed by atoms with Crippen molar-refractivity contribution in [2.75, 3.05) is 23.8 Å². The Hall–Kier alpha value is -3.00. The van der Waals surface area contributed by atoms with E-state index in [1.54, 1.807) is 40.9 Å². The van der Waals surface area contributed by atoms with Gasteiger partial charge in [-0.25, -0.2) is 9.59 Å². The molecule has 3 rings (SSSR count). The summed E-state index contributed by atoms with van der Waals surface area (Å²) >= 11 is 1.71. The molecule has 2 aromatic carbocycles. The fraction of sp³-hybridized carbons (Fsp3) is 0.318. The Bertz CT molecular complexity index is 915. The zero-order valence-corrected chi connectivity index (χ0v) is 17.8. The predicted molar refractivity (Wildman–Crippen MR) is 117 cm³/mol. The molecule has 2 N–H and O–H groups in total. The Morgan fingerprint density at radius 1 is 1.10 bits per heavy atom. The number of hydrogen-bond donors (Lipinski definition) is 2. The first-order valence-electron chi connectivity index (χ1n) is 9.76. The number of urea groups is 1. The number of rotatable bonds is 6. The number of nitrogens with zero attached hydrogens (tertiary/aromatic N) is 1. The van der Waals surface area contributed by atoms with Crippen LogP contribution in [0.3, 0.4) is 0 Å². The number of fused-ring (bicyclic) bond motifs is 1. The molecule has 0 saturated heterocycles. The molecular weight excluding hydrogens is 402 g/mol. The lowest BCUT2D eigenvalue weighted by Gasteiger charge is -2.28. The lowest BCUT2D eigenvalue weighted by Crippen LogP contribution is -2.39. The number of para-hydroxylation sites is 1. The molecule has 0 saturated carbocycles. The Morgan fingerprint density at radius 2 is 1.83 bits per heavy atom. The second-order valence-electron chi connectivity index (χ2n) is 7.12. The number of nitrogens with one attached hydrogen (secondary N) is 2. The molecular formula is C22H25N3O4S. The number of amides is 3. The summed E-state index contributed by atoms with van der Waals surface area (Å²) in [6, 6.07) is 14.2. The van der Waals surface area contributed by atoms with Gasteiger partial charge in [0.1, 0.15) is 0 Å². The summed E-state index contributed by atoms with van der Waals surface area (Å²) in [6.07, 6.45) is 0. The van der Waals surface area contributed by atoms with Crippen LogP contribution in [0, 0.1) is 0 Å². The van der Waals surface area contributed by atoms with Gasteiger partial charge in [0.15, 0.2) is 6.61 Å². The van der Waals surface area contributed by atoms with Crippen LogP contribution in [-0.4, -0.2) is 42.9 Å². The topological polar surface area (TPSA) is 87.7 Å². The van der Waals surface area contributed by atoms with Crippen LogP contribution in [0.5, 0.6) is 0 Å². The summed E-state index contributed by atoms with van der Waals surface area (Å²) in [4.78, 5) is 39.2. The van der Waals surface area contributed by atoms with Crippen LogP contribution in [-0.2, 0) is 16.1 Å². The Balaban J connectivity index is 1.50. The number of anilines is 1. The Labute approximate surface area is 180 Å². The molecule has 0 radical (unpaired) electrons. The second kappa shape index (κ2) is 10.2. The van der Waals surface area contributed by atoms with Gasteiger partial charge >= 0.3 is 12.0 Å². The van der Waals surface area contributed by atoms with Gasteiger partial charge in [-0.1, -0.05) is 24.3 Å². The van der Waals surface area contributed by atoms with E-state index < -0.39 is 5.97 Å². The molecule has 8 heteroatoms. The highest BCUT2D eigenvalue weighted by atomic mass is 32.2. The van der Waals surface area contributed by atoms with Crippen molar-refractivity contribution in [3.63, 3.8) is 0 Å². The van der Waals surface area contributed by atoms with E-state index in [2.05, 4.69) is 10.6 Å². The van der Waals surface area contributed by atoms with Crippen molar-refractivity contribution in [2.24, 2.45) is 0 Å². The van der Waals surface area contributed by atoms with E-state index in [0.717, 1.165) is 21.9 Å². The van der Waals surface area contributed by atoms with Gasteiger partial charge in [0.2, 0.25) is 0 Å². The van der Waals surface area contributed by atoms with Gasteiger partial charge in [-0.2, -0.15) is 0 Å². The summed E-state index contributed by atoms with van der Waals surface area (Å²) in [5.41, 5.74) is 2.06. The maximum absolute atomic E-state index is 12.6. The minimum atomic E-state index is -0.555. The largest absolute Gasteiger partial charge is 0.452 e. The molecule has 0 unspecified atom stereocenters. The van der Waals surface area contributed by atoms with E-state index >= 15 is 0 Å².